The minimum atomic E-state index is -1.39. The van der Waals surface area contributed by atoms with Gasteiger partial charge in [-0.15, -0.1) is 0 Å². The van der Waals surface area contributed by atoms with E-state index in [0.29, 0.717) is 23.8 Å². The number of rotatable bonds is 15. The van der Waals surface area contributed by atoms with Crippen LogP contribution in [0.4, 0.5) is 9.59 Å². The molecule has 1 aromatic heterocycles. The summed E-state index contributed by atoms with van der Waals surface area (Å²) in [5, 5.41) is 5.50. The van der Waals surface area contributed by atoms with Crippen molar-refractivity contribution in [1.82, 2.24) is 30.2 Å². The highest BCUT2D eigenvalue weighted by molar-refractivity contribution is 6.09. The minimum absolute atomic E-state index is 0.0220. The Bertz CT molecular complexity index is 2210. The maximum absolute atomic E-state index is 14.1. The number of nitrogens with one attached hydrogen (secondary N) is 2. The summed E-state index contributed by atoms with van der Waals surface area (Å²) in [6, 6.07) is 27.5. The molecule has 8 rings (SSSR count). The molecule has 300 valence electrons. The molecule has 58 heavy (non-hydrogen) atoms. The fraction of sp³-hybridized carbons (Fsp3) is 0.378. The molecule has 2 aliphatic heterocycles. The molecule has 2 aliphatic carbocycles. The zero-order valence-corrected chi connectivity index (χ0v) is 32.9. The molecule has 0 radical (unpaired) electrons. The van der Waals surface area contributed by atoms with Gasteiger partial charge in [0.25, 0.3) is 11.8 Å². The van der Waals surface area contributed by atoms with E-state index in [2.05, 4.69) is 10.6 Å². The van der Waals surface area contributed by atoms with Crippen LogP contribution in [0.25, 0.3) is 0 Å². The van der Waals surface area contributed by atoms with Crippen LogP contribution in [0.2, 0.25) is 0 Å². The number of urea groups is 2. The number of carbonyl (C=O) groups is 6. The van der Waals surface area contributed by atoms with Gasteiger partial charge in [0.1, 0.15) is 24.4 Å². The maximum Gasteiger partial charge on any atom is 0.325 e. The van der Waals surface area contributed by atoms with Crippen LogP contribution in [0.15, 0.2) is 108 Å². The molecule has 3 heterocycles. The van der Waals surface area contributed by atoms with Gasteiger partial charge in [-0.1, -0.05) is 84.9 Å². The first-order valence-corrected chi connectivity index (χ1v) is 20.0. The van der Waals surface area contributed by atoms with E-state index >= 15 is 0 Å². The first-order valence-electron chi connectivity index (χ1n) is 20.0. The molecule has 0 bridgehead atoms. The van der Waals surface area contributed by atoms with E-state index in [-0.39, 0.29) is 48.8 Å². The molecule has 4 fully saturated rings. The van der Waals surface area contributed by atoms with Crippen molar-refractivity contribution in [3.63, 3.8) is 0 Å². The van der Waals surface area contributed by atoms with Crippen molar-refractivity contribution in [3.8, 4) is 0 Å². The van der Waals surface area contributed by atoms with E-state index in [4.69, 9.17) is 4.42 Å². The molecular formula is C45H48N6O7. The molecule has 0 spiro atoms. The van der Waals surface area contributed by atoms with Crippen molar-refractivity contribution >= 4 is 35.7 Å². The number of hydrogen-bond acceptors (Lipinski definition) is 7. The summed E-state index contributed by atoms with van der Waals surface area (Å²) in [5.41, 5.74) is 2.06. The third-order valence-electron chi connectivity index (χ3n) is 12.4. The van der Waals surface area contributed by atoms with Gasteiger partial charge in [0, 0.05) is 25.2 Å². The molecule has 13 nitrogen and oxygen atoms in total. The normalized spacial score (nSPS) is 23.7. The fourth-order valence-electron chi connectivity index (χ4n) is 8.56. The summed E-state index contributed by atoms with van der Waals surface area (Å²) in [6.07, 6.45) is 4.28. The Morgan fingerprint density at radius 1 is 0.776 bits per heavy atom. The molecular weight excluding hydrogens is 737 g/mol. The highest BCUT2D eigenvalue weighted by atomic mass is 16.3. The summed E-state index contributed by atoms with van der Waals surface area (Å²) >= 11 is 0. The van der Waals surface area contributed by atoms with Crippen LogP contribution in [-0.4, -0.2) is 80.5 Å². The Kier molecular flexibility index (Phi) is 10.4. The second kappa shape index (κ2) is 15.6. The van der Waals surface area contributed by atoms with Gasteiger partial charge in [-0.2, -0.15) is 0 Å². The summed E-state index contributed by atoms with van der Waals surface area (Å²) in [7, 11) is 0. The predicted molar refractivity (Wildman–Crippen MR) is 212 cm³/mol. The van der Waals surface area contributed by atoms with E-state index in [0.717, 1.165) is 45.8 Å². The first kappa shape index (κ1) is 38.6. The van der Waals surface area contributed by atoms with Gasteiger partial charge in [-0.25, -0.2) is 9.59 Å². The van der Waals surface area contributed by atoms with Gasteiger partial charge in [-0.3, -0.25) is 29.0 Å². The van der Waals surface area contributed by atoms with Crippen LogP contribution in [0.5, 0.6) is 0 Å². The average Bonchev–Trinajstić information content (AvgIpc) is 4.15. The third kappa shape index (κ3) is 7.60. The standard InChI is InChI=1S/C45H48N6O7/c1-28(32-19-20-32)48(24-30-12-6-4-7-13-30)39(53)27-51-42(55)45(3,47-44(51)57)34-17-10-16-33(22-34)36-23-35(36)29(2)49(25-31-14-8-5-9-15-31)38(52)26-50-41(54)40(46-43(50)56)37-18-11-21-58-37/h4-18,21-22,28-29,32,35-36,40H,19-20,23-27H2,1-3H3,(H,46,56)(H,47,57). The van der Waals surface area contributed by atoms with E-state index < -0.39 is 42.0 Å². The Morgan fingerprint density at radius 3 is 2.00 bits per heavy atom. The van der Waals surface area contributed by atoms with E-state index in [1.807, 2.05) is 98.8 Å². The van der Waals surface area contributed by atoms with Gasteiger partial charge >= 0.3 is 12.1 Å². The number of hydrogen-bond donors (Lipinski definition) is 2. The monoisotopic (exact) mass is 784 g/mol. The van der Waals surface area contributed by atoms with Gasteiger partial charge < -0.3 is 24.9 Å². The van der Waals surface area contributed by atoms with Crippen LogP contribution in [0.3, 0.4) is 0 Å². The highest BCUT2D eigenvalue weighted by Crippen LogP contribution is 2.51. The zero-order valence-electron chi connectivity index (χ0n) is 32.9. The Hall–Kier alpha value is -6.24. The van der Waals surface area contributed by atoms with Crippen molar-refractivity contribution < 1.29 is 33.2 Å². The van der Waals surface area contributed by atoms with Crippen LogP contribution < -0.4 is 10.6 Å². The molecule has 2 saturated carbocycles. The summed E-state index contributed by atoms with van der Waals surface area (Å²) in [6.45, 7) is 5.59. The van der Waals surface area contributed by atoms with Crippen molar-refractivity contribution in [2.45, 2.75) is 82.7 Å². The summed E-state index contributed by atoms with van der Waals surface area (Å²) in [5.74, 6) is -0.898. The van der Waals surface area contributed by atoms with E-state index in [1.165, 1.54) is 6.26 Å². The van der Waals surface area contributed by atoms with Crippen LogP contribution in [0.1, 0.15) is 80.0 Å². The minimum Gasteiger partial charge on any atom is -0.467 e. The molecule has 8 amide bonds. The molecule has 6 unspecified atom stereocenters. The van der Waals surface area contributed by atoms with Crippen molar-refractivity contribution in [2.24, 2.45) is 11.8 Å². The Balaban J connectivity index is 0.963. The third-order valence-corrected chi connectivity index (χ3v) is 12.4. The van der Waals surface area contributed by atoms with Crippen LogP contribution >= 0.6 is 0 Å². The molecule has 4 aliphatic rings. The lowest BCUT2D eigenvalue weighted by Crippen LogP contribution is -2.47. The molecule has 2 saturated heterocycles. The van der Waals surface area contributed by atoms with E-state index in [9.17, 15) is 28.8 Å². The average molecular weight is 785 g/mol. The van der Waals surface area contributed by atoms with E-state index in [1.54, 1.807) is 28.9 Å². The quantitative estimate of drug-likeness (QED) is 0.147. The van der Waals surface area contributed by atoms with Gasteiger partial charge in [0.2, 0.25) is 11.8 Å². The largest absolute Gasteiger partial charge is 0.467 e. The molecule has 13 heteroatoms. The number of carbonyl (C=O) groups excluding carboxylic acids is 6. The van der Waals surface area contributed by atoms with Crippen molar-refractivity contribution in [2.75, 3.05) is 13.1 Å². The lowest BCUT2D eigenvalue weighted by Gasteiger charge is -2.31. The second-order valence-electron chi connectivity index (χ2n) is 16.2. The number of imide groups is 2. The van der Waals surface area contributed by atoms with Crippen molar-refractivity contribution in [1.29, 1.82) is 0 Å². The van der Waals surface area contributed by atoms with Gasteiger partial charge in [0.05, 0.1) is 6.26 Å². The summed E-state index contributed by atoms with van der Waals surface area (Å²) in [4.78, 5) is 87.1. The number of nitrogens with zero attached hydrogens (tertiary/aromatic N) is 4. The summed E-state index contributed by atoms with van der Waals surface area (Å²) < 4.78 is 5.36. The second-order valence-corrected chi connectivity index (χ2v) is 16.2. The van der Waals surface area contributed by atoms with Crippen molar-refractivity contribution in [3.05, 3.63) is 131 Å². The maximum atomic E-state index is 14.1. The lowest BCUT2D eigenvalue weighted by molar-refractivity contribution is -0.140. The fourth-order valence-corrected chi connectivity index (χ4v) is 8.56. The molecule has 4 aromatic rings. The van der Waals surface area contributed by atoms with Crippen LogP contribution in [0, 0.1) is 11.8 Å². The highest BCUT2D eigenvalue weighted by Gasteiger charge is 2.52. The predicted octanol–water partition coefficient (Wildman–Crippen LogP) is 5.69. The SMILES string of the molecule is CC(C1CC1)N(Cc1ccccc1)C(=O)CN1C(=O)NC(C)(c2cccc(C3CC3C(C)N(Cc3ccccc3)C(=O)CN3C(=O)NC(c4ccco4)C3=O)c2)C1=O. The molecule has 6 atom stereocenters. The Morgan fingerprint density at radius 2 is 1.40 bits per heavy atom. The molecule has 3 aromatic carbocycles. The Labute approximate surface area is 337 Å². The molecule has 2 N–H and O–H groups in total. The lowest BCUT2D eigenvalue weighted by atomic mass is 9.89. The number of amides is 8. The van der Waals surface area contributed by atoms with Gasteiger partial charge in [0.15, 0.2) is 6.04 Å². The van der Waals surface area contributed by atoms with Crippen LogP contribution in [-0.2, 0) is 37.8 Å². The smallest absolute Gasteiger partial charge is 0.325 e. The first-order chi connectivity index (χ1) is 27.9. The zero-order chi connectivity index (χ0) is 40.7. The number of benzene rings is 3. The van der Waals surface area contributed by atoms with Gasteiger partial charge in [-0.05, 0) is 92.2 Å². The topological polar surface area (TPSA) is 153 Å². The number of furan rings is 1.